The molecule has 1 unspecified atom stereocenters. The van der Waals surface area contributed by atoms with Crippen molar-refractivity contribution in [1.29, 1.82) is 0 Å². The summed E-state index contributed by atoms with van der Waals surface area (Å²) in [7, 11) is 0. The Morgan fingerprint density at radius 3 is 1.23 bits per heavy atom. The SMILES string of the molecule is CC/C=C\C/C=C\C/C=C\CCCCCCCCCCCC(=O)OCC(COC(=O)CCCC/C=C\C/C=C\CC)OC(=O)CCCCC/C=C\C=C/CCCC. The summed E-state index contributed by atoms with van der Waals surface area (Å²) in [6.45, 7) is 6.27. The molecule has 0 heterocycles. The number of rotatable bonds is 40. The molecule has 0 saturated carbocycles. The minimum absolute atomic E-state index is 0.102. The van der Waals surface area contributed by atoms with Crippen LogP contribution in [0.15, 0.2) is 85.1 Å². The van der Waals surface area contributed by atoms with Gasteiger partial charge in [-0.1, -0.05) is 170 Å². The summed E-state index contributed by atoms with van der Waals surface area (Å²) in [6.07, 6.45) is 57.3. The lowest BCUT2D eigenvalue weighted by molar-refractivity contribution is -0.167. The predicted molar refractivity (Wildman–Crippen MR) is 242 cm³/mol. The van der Waals surface area contributed by atoms with E-state index in [0.29, 0.717) is 12.8 Å². The number of hydrogen-bond donors (Lipinski definition) is 0. The second-order valence-electron chi connectivity index (χ2n) is 14.9. The average molecular weight is 793 g/mol. The molecular formula is C51H84O6. The van der Waals surface area contributed by atoms with Gasteiger partial charge in [0.25, 0.3) is 0 Å². The Morgan fingerprint density at radius 1 is 0.386 bits per heavy atom. The summed E-state index contributed by atoms with van der Waals surface area (Å²) in [5.74, 6) is -0.982. The summed E-state index contributed by atoms with van der Waals surface area (Å²) >= 11 is 0. The lowest BCUT2D eigenvalue weighted by Gasteiger charge is -2.18. The maximum atomic E-state index is 12.7. The Balaban J connectivity index is 4.35. The first-order valence-corrected chi connectivity index (χ1v) is 23.1. The second kappa shape index (κ2) is 45.3. The summed E-state index contributed by atoms with van der Waals surface area (Å²) in [5.41, 5.74) is 0. The first-order chi connectivity index (χ1) is 28.0. The summed E-state index contributed by atoms with van der Waals surface area (Å²) < 4.78 is 16.6. The second-order valence-corrected chi connectivity index (χ2v) is 14.9. The van der Waals surface area contributed by atoms with Crippen molar-refractivity contribution in [3.8, 4) is 0 Å². The minimum Gasteiger partial charge on any atom is -0.462 e. The molecule has 324 valence electrons. The molecule has 0 rings (SSSR count). The summed E-state index contributed by atoms with van der Waals surface area (Å²) in [6, 6.07) is 0. The zero-order valence-electron chi connectivity index (χ0n) is 36.8. The zero-order valence-corrected chi connectivity index (χ0v) is 36.8. The standard InChI is InChI=1S/C51H84O6/c1-4-7-10-13-16-19-21-22-23-24-25-26-27-28-30-32-35-38-41-44-50(53)56-47-48(46-55-49(52)43-40-37-34-31-18-15-12-9-6-3)57-51(54)45-42-39-36-33-29-20-17-14-11-8-5-2/h7,9-10,12,14,16-20,22-23,29,31,48H,4-6,8,11,13,15,21,24-28,30,32-47H2,1-3H3/b10-7-,12-9-,17-14-,19-16-,23-22-,29-20-,31-18-. The monoisotopic (exact) mass is 793 g/mol. The van der Waals surface area contributed by atoms with E-state index in [1.54, 1.807) is 0 Å². The number of carbonyl (C=O) groups excluding carboxylic acids is 3. The van der Waals surface area contributed by atoms with Crippen molar-refractivity contribution >= 4 is 17.9 Å². The number of esters is 3. The highest BCUT2D eigenvalue weighted by Gasteiger charge is 2.19. The van der Waals surface area contributed by atoms with Gasteiger partial charge in [0, 0.05) is 19.3 Å². The smallest absolute Gasteiger partial charge is 0.306 e. The van der Waals surface area contributed by atoms with Gasteiger partial charge < -0.3 is 14.2 Å². The van der Waals surface area contributed by atoms with Crippen molar-refractivity contribution in [1.82, 2.24) is 0 Å². The largest absolute Gasteiger partial charge is 0.462 e. The maximum Gasteiger partial charge on any atom is 0.306 e. The van der Waals surface area contributed by atoms with Gasteiger partial charge in [-0.2, -0.15) is 0 Å². The molecule has 0 N–H and O–H groups in total. The van der Waals surface area contributed by atoms with Gasteiger partial charge in [0.2, 0.25) is 0 Å². The number of allylic oxidation sites excluding steroid dienone is 14. The molecular weight excluding hydrogens is 709 g/mol. The molecule has 0 radical (unpaired) electrons. The number of hydrogen-bond acceptors (Lipinski definition) is 6. The quantitative estimate of drug-likeness (QED) is 0.0202. The number of ether oxygens (including phenoxy) is 3. The van der Waals surface area contributed by atoms with Crippen LogP contribution in [0.2, 0.25) is 0 Å². The van der Waals surface area contributed by atoms with E-state index >= 15 is 0 Å². The highest BCUT2D eigenvalue weighted by atomic mass is 16.6. The van der Waals surface area contributed by atoms with Crippen LogP contribution in [0.5, 0.6) is 0 Å². The fourth-order valence-electron chi connectivity index (χ4n) is 5.94. The molecule has 6 heteroatoms. The Morgan fingerprint density at radius 2 is 0.737 bits per heavy atom. The fraction of sp³-hybridized carbons (Fsp3) is 0.667. The molecule has 0 aliphatic rings. The third-order valence-corrected chi connectivity index (χ3v) is 9.39. The van der Waals surface area contributed by atoms with E-state index in [2.05, 4.69) is 106 Å². The molecule has 0 aliphatic carbocycles. The van der Waals surface area contributed by atoms with Crippen molar-refractivity contribution in [2.75, 3.05) is 13.2 Å². The first kappa shape index (κ1) is 53.6. The Labute approximate surface area is 350 Å². The zero-order chi connectivity index (χ0) is 41.5. The molecule has 0 fully saturated rings. The fourth-order valence-corrected chi connectivity index (χ4v) is 5.94. The summed E-state index contributed by atoms with van der Waals surface area (Å²) in [5, 5.41) is 0. The van der Waals surface area contributed by atoms with Gasteiger partial charge in [0.1, 0.15) is 13.2 Å². The summed E-state index contributed by atoms with van der Waals surface area (Å²) in [4.78, 5) is 37.7. The lowest BCUT2D eigenvalue weighted by atomic mass is 10.1. The van der Waals surface area contributed by atoms with Crippen molar-refractivity contribution in [3.63, 3.8) is 0 Å². The minimum atomic E-state index is -0.803. The van der Waals surface area contributed by atoms with Gasteiger partial charge in [-0.3, -0.25) is 14.4 Å². The van der Waals surface area contributed by atoms with E-state index in [1.807, 2.05) is 0 Å². The molecule has 57 heavy (non-hydrogen) atoms. The van der Waals surface area contributed by atoms with Crippen LogP contribution < -0.4 is 0 Å². The average Bonchev–Trinajstić information content (AvgIpc) is 3.21. The molecule has 0 spiro atoms. The molecule has 0 aromatic rings. The van der Waals surface area contributed by atoms with E-state index in [1.165, 1.54) is 57.8 Å². The molecule has 0 saturated heterocycles. The Bertz CT molecular complexity index is 1140. The lowest BCUT2D eigenvalue weighted by Crippen LogP contribution is -2.30. The molecule has 0 amide bonds. The highest BCUT2D eigenvalue weighted by Crippen LogP contribution is 2.13. The van der Waals surface area contributed by atoms with Gasteiger partial charge in [-0.05, 0) is 96.3 Å². The van der Waals surface area contributed by atoms with Crippen LogP contribution in [0.1, 0.15) is 201 Å². The van der Waals surface area contributed by atoms with Gasteiger partial charge in [0.15, 0.2) is 6.10 Å². The van der Waals surface area contributed by atoms with E-state index < -0.39 is 6.10 Å². The van der Waals surface area contributed by atoms with Crippen LogP contribution in [0.3, 0.4) is 0 Å². The highest BCUT2D eigenvalue weighted by molar-refractivity contribution is 5.71. The van der Waals surface area contributed by atoms with Gasteiger partial charge >= 0.3 is 17.9 Å². The topological polar surface area (TPSA) is 78.9 Å². The van der Waals surface area contributed by atoms with Crippen molar-refractivity contribution in [2.45, 2.75) is 207 Å². The molecule has 0 bridgehead atoms. The van der Waals surface area contributed by atoms with E-state index in [0.717, 1.165) is 103 Å². The molecule has 0 aromatic carbocycles. The maximum absolute atomic E-state index is 12.7. The van der Waals surface area contributed by atoms with Crippen LogP contribution >= 0.6 is 0 Å². The Kier molecular flexibility index (Phi) is 42.6. The van der Waals surface area contributed by atoms with Crippen LogP contribution in [-0.4, -0.2) is 37.2 Å². The van der Waals surface area contributed by atoms with Crippen molar-refractivity contribution in [2.24, 2.45) is 0 Å². The van der Waals surface area contributed by atoms with Crippen LogP contribution in [-0.2, 0) is 28.6 Å². The van der Waals surface area contributed by atoms with E-state index in [4.69, 9.17) is 14.2 Å². The predicted octanol–water partition coefficient (Wildman–Crippen LogP) is 14.9. The van der Waals surface area contributed by atoms with Crippen LogP contribution in [0, 0.1) is 0 Å². The molecule has 0 aromatic heterocycles. The third kappa shape index (κ3) is 43.6. The molecule has 1 atom stereocenters. The van der Waals surface area contributed by atoms with Crippen LogP contribution in [0.25, 0.3) is 0 Å². The van der Waals surface area contributed by atoms with Gasteiger partial charge in [0.05, 0.1) is 0 Å². The van der Waals surface area contributed by atoms with E-state index in [9.17, 15) is 14.4 Å². The third-order valence-electron chi connectivity index (χ3n) is 9.39. The first-order valence-electron chi connectivity index (χ1n) is 23.1. The van der Waals surface area contributed by atoms with Crippen molar-refractivity contribution in [3.05, 3.63) is 85.1 Å². The normalized spacial score (nSPS) is 12.8. The number of unbranched alkanes of at least 4 members (excludes halogenated alkanes) is 16. The van der Waals surface area contributed by atoms with Crippen molar-refractivity contribution < 1.29 is 28.6 Å². The van der Waals surface area contributed by atoms with E-state index in [-0.39, 0.29) is 37.5 Å². The van der Waals surface area contributed by atoms with Gasteiger partial charge in [-0.25, -0.2) is 0 Å². The van der Waals surface area contributed by atoms with Crippen LogP contribution in [0.4, 0.5) is 0 Å². The Hall–Kier alpha value is -3.41. The molecule has 6 nitrogen and oxygen atoms in total. The number of carbonyl (C=O) groups is 3. The van der Waals surface area contributed by atoms with Gasteiger partial charge in [-0.15, -0.1) is 0 Å². The molecule has 0 aliphatic heterocycles.